The second kappa shape index (κ2) is 46.5. The number of phosphoric ester groups is 1. The van der Waals surface area contributed by atoms with Crippen LogP contribution >= 0.6 is 7.82 Å². The van der Waals surface area contributed by atoms with E-state index in [1.54, 1.807) is 6.08 Å². The highest BCUT2D eigenvalue weighted by molar-refractivity contribution is 7.47. The number of unbranched alkanes of at least 4 members (excludes halogenated alkanes) is 22. The maximum absolute atomic E-state index is 12.7. The zero-order valence-corrected chi connectivity index (χ0v) is 42.4. The summed E-state index contributed by atoms with van der Waals surface area (Å²) >= 11 is 0. The number of hydrogen-bond donors (Lipinski definition) is 1. The van der Waals surface area contributed by atoms with E-state index in [1.807, 2.05) is 27.2 Å². The third kappa shape index (κ3) is 50.8. The van der Waals surface area contributed by atoms with E-state index in [-0.39, 0.29) is 26.2 Å². The lowest BCUT2D eigenvalue weighted by atomic mass is 10.0. The Labute approximate surface area is 389 Å². The summed E-state index contributed by atoms with van der Waals surface area (Å²) in [4.78, 5) is 22.9. The summed E-state index contributed by atoms with van der Waals surface area (Å²) in [6.07, 6.45) is 61.4. The SMILES string of the molecule is CC/C=C\C/C=C\C/C=C\C/C=C\C/C=C\CC(=O)OC(COCCCCCCCCCCCCCCCC/C=C\CCCCCCCCCC)COP(=O)(O)OCC[N+](C)(C)C. The highest BCUT2D eigenvalue weighted by atomic mass is 31.2. The second-order valence-electron chi connectivity index (χ2n) is 18.2. The van der Waals surface area contributed by atoms with Gasteiger partial charge in [-0.1, -0.05) is 209 Å². The van der Waals surface area contributed by atoms with Crippen molar-refractivity contribution >= 4 is 13.8 Å². The van der Waals surface area contributed by atoms with Gasteiger partial charge in [-0.25, -0.2) is 4.57 Å². The van der Waals surface area contributed by atoms with Crippen LogP contribution in [0.15, 0.2) is 72.9 Å². The number of allylic oxidation sites excluding steroid dienone is 11. The number of phosphoric acid groups is 1. The van der Waals surface area contributed by atoms with Gasteiger partial charge in [0.15, 0.2) is 0 Å². The molecule has 0 aromatic rings. The van der Waals surface area contributed by atoms with Crippen molar-refractivity contribution in [2.75, 3.05) is 54.1 Å². The number of carbonyl (C=O) groups excluding carboxylic acids is 1. The summed E-state index contributed by atoms with van der Waals surface area (Å²) < 4.78 is 35.0. The molecule has 0 saturated heterocycles. The number of esters is 1. The zero-order chi connectivity index (χ0) is 46.2. The Morgan fingerprint density at radius 2 is 0.921 bits per heavy atom. The lowest BCUT2D eigenvalue weighted by Gasteiger charge is -2.24. The third-order valence-electron chi connectivity index (χ3n) is 10.8. The van der Waals surface area contributed by atoms with E-state index in [9.17, 15) is 14.3 Å². The molecule has 0 aliphatic rings. The van der Waals surface area contributed by atoms with Crippen molar-refractivity contribution in [1.82, 2.24) is 0 Å². The molecule has 0 rings (SSSR count). The van der Waals surface area contributed by atoms with Crippen LogP contribution in [0.5, 0.6) is 0 Å². The molecule has 9 heteroatoms. The van der Waals surface area contributed by atoms with Crippen LogP contribution in [0.1, 0.15) is 206 Å². The van der Waals surface area contributed by atoms with Crippen molar-refractivity contribution in [3.05, 3.63) is 72.9 Å². The lowest BCUT2D eigenvalue weighted by Crippen LogP contribution is -2.37. The summed E-state index contributed by atoms with van der Waals surface area (Å²) in [5.74, 6) is -0.439. The molecular weight excluding hydrogens is 806 g/mol. The van der Waals surface area contributed by atoms with Gasteiger partial charge in [-0.3, -0.25) is 13.8 Å². The van der Waals surface area contributed by atoms with Crippen molar-refractivity contribution < 1.29 is 37.3 Å². The Morgan fingerprint density at radius 1 is 0.508 bits per heavy atom. The molecule has 8 nitrogen and oxygen atoms in total. The van der Waals surface area contributed by atoms with Crippen molar-refractivity contribution in [1.29, 1.82) is 0 Å². The monoisotopic (exact) mass is 905 g/mol. The summed E-state index contributed by atoms with van der Waals surface area (Å²) in [6.45, 7) is 5.38. The average Bonchev–Trinajstić information content (AvgIpc) is 3.24. The molecule has 0 aliphatic heterocycles. The van der Waals surface area contributed by atoms with Crippen LogP contribution < -0.4 is 0 Å². The lowest BCUT2D eigenvalue weighted by molar-refractivity contribution is -0.870. The molecule has 0 saturated carbocycles. The fourth-order valence-electron chi connectivity index (χ4n) is 6.86. The third-order valence-corrected chi connectivity index (χ3v) is 11.8. The molecule has 0 aliphatic carbocycles. The fraction of sp³-hybridized carbons (Fsp3) is 0.759. The molecule has 0 bridgehead atoms. The van der Waals surface area contributed by atoms with Gasteiger partial charge < -0.3 is 18.9 Å². The van der Waals surface area contributed by atoms with Gasteiger partial charge in [0.1, 0.15) is 19.3 Å². The van der Waals surface area contributed by atoms with Crippen LogP contribution in [0.25, 0.3) is 0 Å². The molecule has 2 atom stereocenters. The van der Waals surface area contributed by atoms with E-state index in [4.69, 9.17) is 18.5 Å². The number of ether oxygens (including phenoxy) is 2. The molecule has 2 unspecified atom stereocenters. The van der Waals surface area contributed by atoms with Gasteiger partial charge in [-0.15, -0.1) is 0 Å². The Hall–Kier alpha value is -2.06. The quantitative estimate of drug-likeness (QED) is 0.0214. The number of rotatable bonds is 47. The van der Waals surface area contributed by atoms with Gasteiger partial charge in [-0.2, -0.15) is 0 Å². The van der Waals surface area contributed by atoms with Crippen LogP contribution in [0, 0.1) is 0 Å². The van der Waals surface area contributed by atoms with E-state index in [2.05, 4.69) is 74.6 Å². The molecule has 63 heavy (non-hydrogen) atoms. The van der Waals surface area contributed by atoms with Crippen molar-refractivity contribution in [3.63, 3.8) is 0 Å². The molecule has 1 N–H and O–H groups in total. The maximum atomic E-state index is 12.7. The van der Waals surface area contributed by atoms with Gasteiger partial charge in [0.2, 0.25) is 0 Å². The minimum absolute atomic E-state index is 0.0698. The number of nitrogens with zero attached hydrogens (tertiary/aromatic N) is 1. The van der Waals surface area contributed by atoms with Gasteiger partial charge in [0.25, 0.3) is 0 Å². The first-order valence-corrected chi connectivity index (χ1v) is 27.2. The van der Waals surface area contributed by atoms with Gasteiger partial charge in [0, 0.05) is 6.61 Å². The first-order valence-electron chi connectivity index (χ1n) is 25.7. The van der Waals surface area contributed by atoms with E-state index in [1.165, 1.54) is 141 Å². The molecule has 366 valence electrons. The van der Waals surface area contributed by atoms with Crippen LogP contribution in [0.4, 0.5) is 0 Å². The Kier molecular flexibility index (Phi) is 44.9. The van der Waals surface area contributed by atoms with E-state index in [0.717, 1.165) is 44.9 Å². The fourth-order valence-corrected chi connectivity index (χ4v) is 7.60. The molecule has 0 amide bonds. The Balaban J connectivity index is 4.14. The van der Waals surface area contributed by atoms with E-state index in [0.29, 0.717) is 17.6 Å². The van der Waals surface area contributed by atoms with E-state index >= 15 is 0 Å². The predicted octanol–water partition coefficient (Wildman–Crippen LogP) is 15.8. The number of quaternary nitrogens is 1. The molecule has 0 aromatic carbocycles. The number of likely N-dealkylation sites (N-methyl/N-ethyl adjacent to an activating group) is 1. The van der Waals surface area contributed by atoms with Crippen LogP contribution in [-0.4, -0.2) is 75.6 Å². The highest BCUT2D eigenvalue weighted by Gasteiger charge is 2.26. The van der Waals surface area contributed by atoms with Gasteiger partial charge >= 0.3 is 13.8 Å². The summed E-state index contributed by atoms with van der Waals surface area (Å²) in [5, 5.41) is 0. The van der Waals surface area contributed by atoms with Crippen molar-refractivity contribution in [2.24, 2.45) is 0 Å². The minimum atomic E-state index is -4.31. The number of carbonyl (C=O) groups is 1. The van der Waals surface area contributed by atoms with Crippen LogP contribution in [-0.2, 0) is 27.9 Å². The zero-order valence-electron chi connectivity index (χ0n) is 41.5. The molecule has 0 spiro atoms. The van der Waals surface area contributed by atoms with E-state index < -0.39 is 19.9 Å². The topological polar surface area (TPSA) is 91.3 Å². The van der Waals surface area contributed by atoms with Gasteiger partial charge in [0.05, 0.1) is 40.8 Å². The predicted molar refractivity (Wildman–Crippen MR) is 270 cm³/mol. The molecule has 0 aromatic heterocycles. The normalized spacial score (nSPS) is 14.2. The molecule has 0 heterocycles. The average molecular weight is 905 g/mol. The molecular formula is C54H99NO7P+. The first kappa shape index (κ1) is 60.9. The summed E-state index contributed by atoms with van der Waals surface area (Å²) in [7, 11) is 1.61. The molecule has 0 radical (unpaired) electrons. The van der Waals surface area contributed by atoms with Crippen LogP contribution in [0.3, 0.4) is 0 Å². The second-order valence-corrected chi connectivity index (χ2v) is 19.6. The Bertz CT molecular complexity index is 1230. The summed E-state index contributed by atoms with van der Waals surface area (Å²) in [5.41, 5.74) is 0. The minimum Gasteiger partial charge on any atom is -0.457 e. The highest BCUT2D eigenvalue weighted by Crippen LogP contribution is 2.43. The number of hydrogen-bond acceptors (Lipinski definition) is 6. The summed E-state index contributed by atoms with van der Waals surface area (Å²) in [6, 6.07) is 0. The van der Waals surface area contributed by atoms with Crippen molar-refractivity contribution in [3.8, 4) is 0 Å². The Morgan fingerprint density at radius 3 is 1.37 bits per heavy atom. The van der Waals surface area contributed by atoms with Gasteiger partial charge in [-0.05, 0) is 64.2 Å². The van der Waals surface area contributed by atoms with Crippen LogP contribution in [0.2, 0.25) is 0 Å². The smallest absolute Gasteiger partial charge is 0.457 e. The largest absolute Gasteiger partial charge is 0.472 e. The van der Waals surface area contributed by atoms with Crippen molar-refractivity contribution in [2.45, 2.75) is 213 Å². The molecule has 0 fully saturated rings. The standard InChI is InChI=1S/C54H98NO7P/c1-6-8-10-12-14-16-18-20-22-23-24-25-26-27-28-29-30-31-32-34-36-38-40-42-44-46-49-59-51-53(52-61-63(57,58)60-50-48-55(3,4)5)62-54(56)47-45-43-41-39-37-35-33-21-19-17-15-13-11-9-7-2/h9,11,15,17,21,23-24,33,37,39,43,45,53H,6-8,10,12-14,16,18-20,22,25-32,34-36,38,40-42,44,46-52H2,1-5H3/p+1/b11-9-,17-15-,24-23-,33-21-,39-37-,45-43-. The maximum Gasteiger partial charge on any atom is 0.472 e. The first-order chi connectivity index (χ1) is 30.6.